The molecule has 2 nitrogen and oxygen atoms in total. The molecular weight excluding hydrogens is 362 g/mol. The van der Waals surface area contributed by atoms with Crippen LogP contribution >= 0.6 is 15.9 Å². The molecule has 0 saturated heterocycles. The molecule has 0 spiro atoms. The van der Waals surface area contributed by atoms with Crippen molar-refractivity contribution in [2.75, 3.05) is 5.32 Å². The molecule has 0 saturated carbocycles. The zero-order valence-corrected chi connectivity index (χ0v) is 16.8. The maximum Gasteiger partial charge on any atom is 0.224 e. The average molecular weight is 388 g/mol. The number of hydrogen-bond acceptors (Lipinski definition) is 1. The van der Waals surface area contributed by atoms with Crippen molar-refractivity contribution in [2.24, 2.45) is 0 Å². The van der Waals surface area contributed by atoms with Gasteiger partial charge in [0, 0.05) is 16.6 Å². The first-order valence-electron chi connectivity index (χ1n) is 8.33. The zero-order valence-electron chi connectivity index (χ0n) is 15.2. The summed E-state index contributed by atoms with van der Waals surface area (Å²) >= 11 is 3.55. The van der Waals surface area contributed by atoms with E-state index in [0.29, 0.717) is 6.42 Å². The van der Waals surface area contributed by atoms with Crippen LogP contribution in [0.3, 0.4) is 0 Å². The fourth-order valence-electron chi connectivity index (χ4n) is 2.67. The van der Waals surface area contributed by atoms with E-state index in [9.17, 15) is 4.79 Å². The first kappa shape index (κ1) is 18.7. The standard InChI is InChI=1S/C21H26BrNO/c1-14-12-18(13-15(2)20(14)22)23-19(24)11-8-16-6-9-17(10-7-16)21(3,4)5/h6-7,9-10,12-13H,8,11H2,1-5H3,(H,23,24). The Bertz CT molecular complexity index is 703. The van der Waals surface area contributed by atoms with E-state index >= 15 is 0 Å². The van der Waals surface area contributed by atoms with Crippen LogP contribution in [-0.4, -0.2) is 5.91 Å². The molecule has 1 N–H and O–H groups in total. The second kappa shape index (κ2) is 7.52. The highest BCUT2D eigenvalue weighted by Gasteiger charge is 2.13. The molecule has 0 atom stereocenters. The average Bonchev–Trinajstić information content (AvgIpc) is 2.50. The van der Waals surface area contributed by atoms with Crippen LogP contribution in [0, 0.1) is 13.8 Å². The lowest BCUT2D eigenvalue weighted by molar-refractivity contribution is -0.116. The van der Waals surface area contributed by atoms with Gasteiger partial charge in [-0.1, -0.05) is 61.0 Å². The minimum Gasteiger partial charge on any atom is -0.326 e. The second-order valence-electron chi connectivity index (χ2n) is 7.42. The molecule has 2 rings (SSSR count). The van der Waals surface area contributed by atoms with E-state index in [1.807, 2.05) is 26.0 Å². The SMILES string of the molecule is Cc1cc(NC(=O)CCc2ccc(C(C)(C)C)cc2)cc(C)c1Br. The van der Waals surface area contributed by atoms with Crippen LogP contribution in [0.15, 0.2) is 40.9 Å². The first-order chi connectivity index (χ1) is 11.2. The topological polar surface area (TPSA) is 29.1 Å². The van der Waals surface area contributed by atoms with Crippen LogP contribution in [0.5, 0.6) is 0 Å². The molecule has 0 aliphatic rings. The molecule has 0 aliphatic carbocycles. The summed E-state index contributed by atoms with van der Waals surface area (Å²) in [6.07, 6.45) is 1.24. The summed E-state index contributed by atoms with van der Waals surface area (Å²) in [6, 6.07) is 12.6. The fraction of sp³-hybridized carbons (Fsp3) is 0.381. The van der Waals surface area contributed by atoms with E-state index < -0.39 is 0 Å². The summed E-state index contributed by atoms with van der Waals surface area (Å²) in [5, 5.41) is 3.00. The van der Waals surface area contributed by atoms with Crippen LogP contribution in [0.2, 0.25) is 0 Å². The summed E-state index contributed by atoms with van der Waals surface area (Å²) in [6.45, 7) is 10.7. The van der Waals surface area contributed by atoms with E-state index in [2.05, 4.69) is 66.3 Å². The van der Waals surface area contributed by atoms with Crippen molar-refractivity contribution in [3.05, 3.63) is 63.1 Å². The van der Waals surface area contributed by atoms with Crippen LogP contribution in [0.25, 0.3) is 0 Å². The zero-order chi connectivity index (χ0) is 17.9. The second-order valence-corrected chi connectivity index (χ2v) is 8.21. The Morgan fingerprint density at radius 1 is 1.04 bits per heavy atom. The van der Waals surface area contributed by atoms with Gasteiger partial charge in [-0.05, 0) is 60.1 Å². The number of anilines is 1. The molecule has 0 heterocycles. The summed E-state index contributed by atoms with van der Waals surface area (Å²) < 4.78 is 1.10. The van der Waals surface area contributed by atoms with Crippen molar-refractivity contribution >= 4 is 27.5 Å². The van der Waals surface area contributed by atoms with Gasteiger partial charge in [-0.2, -0.15) is 0 Å². The molecule has 2 aromatic carbocycles. The Morgan fingerprint density at radius 3 is 2.08 bits per heavy atom. The summed E-state index contributed by atoms with van der Waals surface area (Å²) in [4.78, 5) is 12.2. The van der Waals surface area contributed by atoms with E-state index in [1.54, 1.807) is 0 Å². The van der Waals surface area contributed by atoms with Crippen molar-refractivity contribution in [3.8, 4) is 0 Å². The van der Waals surface area contributed by atoms with E-state index in [1.165, 1.54) is 11.1 Å². The Labute approximate surface area is 153 Å². The molecule has 0 fully saturated rings. The van der Waals surface area contributed by atoms with Gasteiger partial charge in [0.15, 0.2) is 0 Å². The Morgan fingerprint density at radius 2 is 1.58 bits per heavy atom. The van der Waals surface area contributed by atoms with Crippen LogP contribution in [-0.2, 0) is 16.6 Å². The smallest absolute Gasteiger partial charge is 0.224 e. The van der Waals surface area contributed by atoms with Crippen LogP contribution in [0.4, 0.5) is 5.69 Å². The summed E-state index contributed by atoms with van der Waals surface area (Å²) in [5.41, 5.74) is 5.79. The van der Waals surface area contributed by atoms with Gasteiger partial charge in [-0.25, -0.2) is 0 Å². The molecule has 128 valence electrons. The highest BCUT2D eigenvalue weighted by Crippen LogP contribution is 2.25. The predicted molar refractivity (Wildman–Crippen MR) is 106 cm³/mol. The lowest BCUT2D eigenvalue weighted by Gasteiger charge is -2.19. The molecule has 0 radical (unpaired) electrons. The number of hydrogen-bond donors (Lipinski definition) is 1. The molecule has 2 aromatic rings. The van der Waals surface area contributed by atoms with Gasteiger partial charge in [0.2, 0.25) is 5.91 Å². The molecule has 3 heteroatoms. The normalized spacial score (nSPS) is 11.4. The number of halogens is 1. The first-order valence-corrected chi connectivity index (χ1v) is 9.12. The van der Waals surface area contributed by atoms with E-state index in [0.717, 1.165) is 27.7 Å². The minimum atomic E-state index is 0.0519. The quantitative estimate of drug-likeness (QED) is 0.691. The maximum atomic E-state index is 12.2. The van der Waals surface area contributed by atoms with Crippen molar-refractivity contribution in [1.82, 2.24) is 0 Å². The summed E-state index contributed by atoms with van der Waals surface area (Å²) in [7, 11) is 0. The predicted octanol–water partition coefficient (Wildman–Crippen LogP) is 5.93. The van der Waals surface area contributed by atoms with Crippen LogP contribution < -0.4 is 5.32 Å². The number of nitrogens with one attached hydrogen (secondary N) is 1. The third-order valence-corrected chi connectivity index (χ3v) is 5.43. The third kappa shape index (κ3) is 4.94. The van der Waals surface area contributed by atoms with Crippen LogP contribution in [0.1, 0.15) is 49.4 Å². The number of amides is 1. The Hall–Kier alpha value is -1.61. The van der Waals surface area contributed by atoms with Gasteiger partial charge in [-0.3, -0.25) is 4.79 Å². The van der Waals surface area contributed by atoms with Gasteiger partial charge >= 0.3 is 0 Å². The largest absolute Gasteiger partial charge is 0.326 e. The van der Waals surface area contributed by atoms with Gasteiger partial charge in [0.05, 0.1) is 0 Å². The highest BCUT2D eigenvalue weighted by atomic mass is 79.9. The van der Waals surface area contributed by atoms with Crippen molar-refractivity contribution in [2.45, 2.75) is 52.9 Å². The number of rotatable bonds is 4. The molecule has 0 bridgehead atoms. The molecule has 1 amide bonds. The monoisotopic (exact) mass is 387 g/mol. The lowest BCUT2D eigenvalue weighted by atomic mass is 9.86. The number of aryl methyl sites for hydroxylation is 3. The molecule has 0 unspecified atom stereocenters. The molecular formula is C21H26BrNO. The van der Waals surface area contributed by atoms with E-state index in [4.69, 9.17) is 0 Å². The minimum absolute atomic E-state index is 0.0519. The van der Waals surface area contributed by atoms with Crippen molar-refractivity contribution in [3.63, 3.8) is 0 Å². The third-order valence-electron chi connectivity index (χ3n) is 4.18. The van der Waals surface area contributed by atoms with E-state index in [-0.39, 0.29) is 11.3 Å². The Kier molecular flexibility index (Phi) is 5.87. The van der Waals surface area contributed by atoms with Gasteiger partial charge in [-0.15, -0.1) is 0 Å². The summed E-state index contributed by atoms with van der Waals surface area (Å²) in [5.74, 6) is 0.0519. The number of carbonyl (C=O) groups excluding carboxylic acids is 1. The number of benzene rings is 2. The molecule has 24 heavy (non-hydrogen) atoms. The highest BCUT2D eigenvalue weighted by molar-refractivity contribution is 9.10. The van der Waals surface area contributed by atoms with Gasteiger partial charge in [0.25, 0.3) is 0 Å². The van der Waals surface area contributed by atoms with Crippen molar-refractivity contribution < 1.29 is 4.79 Å². The molecule has 0 aromatic heterocycles. The van der Waals surface area contributed by atoms with Gasteiger partial charge < -0.3 is 5.32 Å². The fourth-order valence-corrected chi connectivity index (χ4v) is 2.90. The van der Waals surface area contributed by atoms with Gasteiger partial charge in [0.1, 0.15) is 0 Å². The Balaban J connectivity index is 1.94. The maximum absolute atomic E-state index is 12.2. The number of carbonyl (C=O) groups is 1. The lowest BCUT2D eigenvalue weighted by Crippen LogP contribution is -2.13. The molecule has 0 aliphatic heterocycles. The van der Waals surface area contributed by atoms with Crippen molar-refractivity contribution in [1.29, 1.82) is 0 Å².